The molecule has 1 unspecified atom stereocenters. The molecule has 3 aromatic rings. The van der Waals surface area contributed by atoms with Gasteiger partial charge in [-0.05, 0) is 74.9 Å². The van der Waals surface area contributed by atoms with Gasteiger partial charge in [0.2, 0.25) is 0 Å². The highest BCUT2D eigenvalue weighted by molar-refractivity contribution is 7.12. The van der Waals surface area contributed by atoms with Crippen LogP contribution in [0.25, 0.3) is 0 Å². The molecule has 1 atom stereocenters. The van der Waals surface area contributed by atoms with Gasteiger partial charge in [-0.15, -0.1) is 11.3 Å². The molecular weight excluding hydrogens is 370 g/mol. The smallest absolute Gasteiger partial charge is 0.261 e. The van der Waals surface area contributed by atoms with E-state index in [1.54, 1.807) is 6.20 Å². The summed E-state index contributed by atoms with van der Waals surface area (Å²) < 4.78 is 7.90. The zero-order chi connectivity index (χ0) is 20.3. The number of nitrogens with one attached hydrogen (secondary N) is 1. The lowest BCUT2D eigenvalue weighted by atomic mass is 10.1. The predicted molar refractivity (Wildman–Crippen MR) is 113 cm³/mol. The van der Waals surface area contributed by atoms with Gasteiger partial charge in [0.15, 0.2) is 0 Å². The lowest BCUT2D eigenvalue weighted by Crippen LogP contribution is -2.27. The highest BCUT2D eigenvalue weighted by Gasteiger charge is 2.16. The van der Waals surface area contributed by atoms with Crippen LogP contribution in [0.5, 0.6) is 5.75 Å². The van der Waals surface area contributed by atoms with Gasteiger partial charge in [-0.3, -0.25) is 9.48 Å². The third kappa shape index (κ3) is 4.44. The van der Waals surface area contributed by atoms with E-state index in [0.717, 1.165) is 29.1 Å². The Morgan fingerprint density at radius 2 is 2.07 bits per heavy atom. The molecule has 0 aliphatic heterocycles. The minimum absolute atomic E-state index is 0.0739. The number of amides is 1. The average Bonchev–Trinajstić information content (AvgIpc) is 3.32. The second-order valence-corrected chi connectivity index (χ2v) is 7.99. The van der Waals surface area contributed by atoms with Crippen molar-refractivity contribution in [1.82, 2.24) is 15.1 Å². The molecule has 0 saturated heterocycles. The SMILES string of the molecule is CCn1nccc1C(C)NC(=O)c1cc(COc2cc(C)cc(C)c2C)cs1. The molecule has 1 N–H and O–H groups in total. The number of aromatic nitrogens is 2. The van der Waals surface area contributed by atoms with Crippen LogP contribution in [0, 0.1) is 20.8 Å². The molecule has 0 aliphatic carbocycles. The van der Waals surface area contributed by atoms with Crippen LogP contribution in [0.4, 0.5) is 0 Å². The number of thiophene rings is 1. The summed E-state index contributed by atoms with van der Waals surface area (Å²) in [7, 11) is 0. The van der Waals surface area contributed by atoms with Gasteiger partial charge in [-0.1, -0.05) is 6.07 Å². The van der Waals surface area contributed by atoms with Gasteiger partial charge in [0.05, 0.1) is 16.6 Å². The normalized spacial score (nSPS) is 12.0. The first kappa shape index (κ1) is 20.1. The number of hydrogen-bond donors (Lipinski definition) is 1. The van der Waals surface area contributed by atoms with Crippen LogP contribution in [0.1, 0.15) is 57.5 Å². The minimum atomic E-state index is -0.102. The maximum Gasteiger partial charge on any atom is 0.261 e. The van der Waals surface area contributed by atoms with Crippen LogP contribution >= 0.6 is 11.3 Å². The van der Waals surface area contributed by atoms with Crippen molar-refractivity contribution in [2.45, 2.75) is 53.8 Å². The molecule has 148 valence electrons. The molecule has 28 heavy (non-hydrogen) atoms. The van der Waals surface area contributed by atoms with Gasteiger partial charge in [0.1, 0.15) is 12.4 Å². The van der Waals surface area contributed by atoms with E-state index >= 15 is 0 Å². The van der Waals surface area contributed by atoms with Crippen LogP contribution in [0.2, 0.25) is 0 Å². The number of carbonyl (C=O) groups excluding carboxylic acids is 1. The fourth-order valence-electron chi connectivity index (χ4n) is 3.20. The van der Waals surface area contributed by atoms with E-state index in [1.165, 1.54) is 22.5 Å². The number of aryl methyl sites for hydroxylation is 3. The molecule has 0 saturated carbocycles. The van der Waals surface area contributed by atoms with Crippen molar-refractivity contribution in [3.05, 3.63) is 68.7 Å². The van der Waals surface area contributed by atoms with E-state index in [0.29, 0.717) is 11.5 Å². The maximum absolute atomic E-state index is 12.6. The summed E-state index contributed by atoms with van der Waals surface area (Å²) >= 11 is 1.44. The summed E-state index contributed by atoms with van der Waals surface area (Å²) in [4.78, 5) is 13.3. The van der Waals surface area contributed by atoms with Crippen molar-refractivity contribution in [1.29, 1.82) is 0 Å². The number of nitrogens with zero attached hydrogens (tertiary/aromatic N) is 2. The van der Waals surface area contributed by atoms with Crippen molar-refractivity contribution in [3.63, 3.8) is 0 Å². The molecule has 1 aromatic carbocycles. The molecule has 1 amide bonds. The number of benzene rings is 1. The number of hydrogen-bond acceptors (Lipinski definition) is 4. The molecule has 0 bridgehead atoms. The van der Waals surface area contributed by atoms with E-state index in [9.17, 15) is 4.79 Å². The Balaban J connectivity index is 1.63. The Hall–Kier alpha value is -2.60. The molecule has 0 spiro atoms. The Bertz CT molecular complexity index is 974. The van der Waals surface area contributed by atoms with Crippen molar-refractivity contribution in [2.24, 2.45) is 0 Å². The predicted octanol–water partition coefficient (Wildman–Crippen LogP) is 4.96. The Morgan fingerprint density at radius 1 is 1.29 bits per heavy atom. The molecule has 2 aromatic heterocycles. The van der Waals surface area contributed by atoms with Crippen LogP contribution in [0.15, 0.2) is 35.8 Å². The standard InChI is InChI=1S/C22H27N3O2S/c1-6-25-19(7-8-23-25)17(5)24-22(26)21-11-18(13-28-21)12-27-20-10-14(2)9-15(3)16(20)4/h7-11,13,17H,6,12H2,1-5H3,(H,24,26). The molecule has 2 heterocycles. The summed E-state index contributed by atoms with van der Waals surface area (Å²) in [5.41, 5.74) is 5.56. The highest BCUT2D eigenvalue weighted by Crippen LogP contribution is 2.25. The van der Waals surface area contributed by atoms with E-state index in [4.69, 9.17) is 4.74 Å². The van der Waals surface area contributed by atoms with Crippen LogP contribution in [0.3, 0.4) is 0 Å². The second kappa shape index (κ2) is 8.61. The zero-order valence-corrected chi connectivity index (χ0v) is 17.9. The highest BCUT2D eigenvalue weighted by atomic mass is 32.1. The van der Waals surface area contributed by atoms with Crippen molar-refractivity contribution < 1.29 is 9.53 Å². The van der Waals surface area contributed by atoms with Gasteiger partial charge in [0, 0.05) is 18.3 Å². The molecular formula is C22H27N3O2S. The van der Waals surface area contributed by atoms with E-state index in [-0.39, 0.29) is 11.9 Å². The fourth-order valence-corrected chi connectivity index (χ4v) is 4.00. The van der Waals surface area contributed by atoms with Crippen molar-refractivity contribution in [3.8, 4) is 5.75 Å². The number of rotatable bonds is 7. The van der Waals surface area contributed by atoms with Crippen LogP contribution < -0.4 is 10.1 Å². The molecule has 0 radical (unpaired) electrons. The van der Waals surface area contributed by atoms with Gasteiger partial charge in [-0.25, -0.2) is 0 Å². The van der Waals surface area contributed by atoms with Gasteiger partial charge in [-0.2, -0.15) is 5.10 Å². The lowest BCUT2D eigenvalue weighted by Gasteiger charge is -2.14. The third-order valence-corrected chi connectivity index (χ3v) is 5.85. The van der Waals surface area contributed by atoms with Gasteiger partial charge >= 0.3 is 0 Å². The van der Waals surface area contributed by atoms with Crippen molar-refractivity contribution in [2.75, 3.05) is 0 Å². The molecule has 0 aliphatic rings. The summed E-state index contributed by atoms with van der Waals surface area (Å²) in [5, 5.41) is 9.30. The summed E-state index contributed by atoms with van der Waals surface area (Å²) in [6.45, 7) is 11.5. The van der Waals surface area contributed by atoms with Crippen LogP contribution in [-0.2, 0) is 13.2 Å². The monoisotopic (exact) mass is 397 g/mol. The Morgan fingerprint density at radius 3 is 2.82 bits per heavy atom. The first-order valence-corrected chi connectivity index (χ1v) is 10.4. The molecule has 3 rings (SSSR count). The molecule has 6 heteroatoms. The zero-order valence-electron chi connectivity index (χ0n) is 17.1. The number of ether oxygens (including phenoxy) is 1. The lowest BCUT2D eigenvalue weighted by molar-refractivity contribution is 0.0942. The fraction of sp³-hybridized carbons (Fsp3) is 0.364. The summed E-state index contributed by atoms with van der Waals surface area (Å²) in [6, 6.07) is 7.95. The topological polar surface area (TPSA) is 56.2 Å². The molecule has 0 fully saturated rings. The Labute approximate surface area is 170 Å². The maximum atomic E-state index is 12.6. The first-order valence-electron chi connectivity index (χ1n) is 9.49. The van der Waals surface area contributed by atoms with Crippen LogP contribution in [-0.4, -0.2) is 15.7 Å². The summed E-state index contributed by atoms with van der Waals surface area (Å²) in [5.74, 6) is 0.825. The second-order valence-electron chi connectivity index (χ2n) is 7.08. The average molecular weight is 398 g/mol. The van der Waals surface area contributed by atoms with Gasteiger partial charge < -0.3 is 10.1 Å². The molecule has 5 nitrogen and oxygen atoms in total. The largest absolute Gasteiger partial charge is 0.489 e. The van der Waals surface area contributed by atoms with Gasteiger partial charge in [0.25, 0.3) is 5.91 Å². The van der Waals surface area contributed by atoms with E-state index in [2.05, 4.69) is 43.3 Å². The summed E-state index contributed by atoms with van der Waals surface area (Å²) in [6.07, 6.45) is 1.76. The van der Waals surface area contributed by atoms with Crippen molar-refractivity contribution >= 4 is 17.2 Å². The Kier molecular flexibility index (Phi) is 6.19. The minimum Gasteiger partial charge on any atom is -0.489 e. The quantitative estimate of drug-likeness (QED) is 0.613. The first-order chi connectivity index (χ1) is 13.4. The number of carbonyl (C=O) groups is 1. The third-order valence-electron chi connectivity index (χ3n) is 4.88. The van der Waals surface area contributed by atoms with E-state index in [1.807, 2.05) is 36.0 Å². The van der Waals surface area contributed by atoms with E-state index < -0.39 is 0 Å².